The van der Waals surface area contributed by atoms with Crippen LogP contribution in [0.4, 0.5) is 0 Å². The van der Waals surface area contributed by atoms with E-state index >= 15 is 0 Å². The molecule has 84 valence electrons. The highest BCUT2D eigenvalue weighted by atomic mass is 16.5. The Labute approximate surface area is 92.9 Å². The van der Waals surface area contributed by atoms with Gasteiger partial charge in [0.05, 0.1) is 0 Å². The van der Waals surface area contributed by atoms with Crippen molar-refractivity contribution >= 4 is 0 Å². The summed E-state index contributed by atoms with van der Waals surface area (Å²) in [6, 6.07) is 0. The summed E-state index contributed by atoms with van der Waals surface area (Å²) in [5.41, 5.74) is 1.14. The van der Waals surface area contributed by atoms with E-state index in [1.807, 2.05) is 6.08 Å². The normalized spacial score (nSPS) is 21.5. The van der Waals surface area contributed by atoms with Crippen molar-refractivity contribution in [2.45, 2.75) is 13.8 Å². The van der Waals surface area contributed by atoms with E-state index in [4.69, 9.17) is 4.74 Å². The highest BCUT2D eigenvalue weighted by molar-refractivity contribution is 5.29. The first kappa shape index (κ1) is 12.1. The van der Waals surface area contributed by atoms with Crippen LogP contribution in [0.1, 0.15) is 13.8 Å². The van der Waals surface area contributed by atoms with E-state index in [2.05, 4.69) is 31.9 Å². The predicted octanol–water partition coefficient (Wildman–Crippen LogP) is 2.60. The Balaban J connectivity index is 2.67. The third-order valence-electron chi connectivity index (χ3n) is 2.38. The van der Waals surface area contributed by atoms with Gasteiger partial charge in [-0.2, -0.15) is 0 Å². The maximum atomic E-state index is 5.53. The third kappa shape index (κ3) is 3.92. The highest BCUT2D eigenvalue weighted by Gasteiger charge is 2.16. The minimum absolute atomic E-state index is 0.682. The fourth-order valence-electron chi connectivity index (χ4n) is 1.76. The molecule has 2 nitrogen and oxygen atoms in total. The lowest BCUT2D eigenvalue weighted by Crippen LogP contribution is -2.30. The highest BCUT2D eigenvalue weighted by Crippen LogP contribution is 2.16. The van der Waals surface area contributed by atoms with Crippen LogP contribution in [0.2, 0.25) is 0 Å². The molecule has 1 fully saturated rings. The van der Waals surface area contributed by atoms with Crippen LogP contribution in [-0.4, -0.2) is 31.1 Å². The summed E-state index contributed by atoms with van der Waals surface area (Å²) in [4.78, 5) is 2.40. The molecule has 1 aliphatic heterocycles. The Bertz CT molecular complexity index is 266. The van der Waals surface area contributed by atoms with E-state index in [-0.39, 0.29) is 0 Å². The lowest BCUT2D eigenvalue weighted by molar-refractivity contribution is 0.188. The molecule has 0 unspecified atom stereocenters. The molecule has 0 aromatic rings. The Morgan fingerprint density at radius 3 is 2.87 bits per heavy atom. The maximum absolute atomic E-state index is 5.53. The monoisotopic (exact) mass is 207 g/mol. The zero-order valence-corrected chi connectivity index (χ0v) is 9.83. The molecule has 0 atom stereocenters. The fraction of sp³-hybridized carbons (Fsp3) is 0.538. The van der Waals surface area contributed by atoms with Crippen molar-refractivity contribution in [1.29, 1.82) is 0 Å². The molecule has 0 radical (unpaired) electrons. The summed E-state index contributed by atoms with van der Waals surface area (Å²) in [7, 11) is 0. The SMILES string of the molecule is C=C/C=C1/CN(CC(C)C)CCOC1=C. The molecular weight excluding hydrogens is 186 g/mol. The number of nitrogens with zero attached hydrogens (tertiary/aromatic N) is 1. The van der Waals surface area contributed by atoms with Crippen LogP contribution in [0.25, 0.3) is 0 Å². The van der Waals surface area contributed by atoms with Gasteiger partial charge in [0.1, 0.15) is 12.4 Å². The second-order valence-corrected chi connectivity index (χ2v) is 4.33. The number of hydrogen-bond acceptors (Lipinski definition) is 2. The molecule has 1 heterocycles. The maximum Gasteiger partial charge on any atom is 0.116 e. The topological polar surface area (TPSA) is 12.5 Å². The summed E-state index contributed by atoms with van der Waals surface area (Å²) < 4.78 is 5.53. The molecule has 15 heavy (non-hydrogen) atoms. The molecule has 2 heteroatoms. The molecule has 0 aliphatic carbocycles. The Hall–Kier alpha value is -1.02. The fourth-order valence-corrected chi connectivity index (χ4v) is 1.76. The van der Waals surface area contributed by atoms with Crippen LogP contribution in [0.3, 0.4) is 0 Å². The molecule has 0 amide bonds. The molecule has 0 saturated carbocycles. The van der Waals surface area contributed by atoms with Gasteiger partial charge in [-0.3, -0.25) is 4.90 Å². The first-order valence-corrected chi connectivity index (χ1v) is 5.49. The first-order chi connectivity index (χ1) is 7.13. The molecule has 0 spiro atoms. The smallest absolute Gasteiger partial charge is 0.116 e. The zero-order valence-electron chi connectivity index (χ0n) is 9.83. The standard InChI is InChI=1S/C13H21NO/c1-5-6-13-10-14(9-11(2)3)7-8-15-12(13)4/h5-6,11H,1,4,7-10H2,2-3H3/b13-6-. The van der Waals surface area contributed by atoms with E-state index < -0.39 is 0 Å². The van der Waals surface area contributed by atoms with Crippen molar-refractivity contribution < 1.29 is 4.74 Å². The van der Waals surface area contributed by atoms with Gasteiger partial charge in [-0.1, -0.05) is 39.2 Å². The van der Waals surface area contributed by atoms with Gasteiger partial charge in [0.25, 0.3) is 0 Å². The minimum Gasteiger partial charge on any atom is -0.493 e. The number of allylic oxidation sites excluding steroid dienone is 2. The van der Waals surface area contributed by atoms with E-state index in [0.29, 0.717) is 5.92 Å². The Kier molecular flexibility index (Phi) is 4.63. The van der Waals surface area contributed by atoms with Crippen LogP contribution in [0, 0.1) is 5.92 Å². The lowest BCUT2D eigenvalue weighted by Gasteiger charge is -2.21. The summed E-state index contributed by atoms with van der Waals surface area (Å²) in [5.74, 6) is 1.47. The van der Waals surface area contributed by atoms with Gasteiger partial charge in [0.15, 0.2) is 0 Å². The van der Waals surface area contributed by atoms with Gasteiger partial charge in [-0.25, -0.2) is 0 Å². The van der Waals surface area contributed by atoms with Crippen molar-refractivity contribution in [3.05, 3.63) is 36.6 Å². The Morgan fingerprint density at radius 1 is 1.53 bits per heavy atom. The molecule has 1 rings (SSSR count). The van der Waals surface area contributed by atoms with E-state index in [1.165, 1.54) is 0 Å². The van der Waals surface area contributed by atoms with Crippen LogP contribution < -0.4 is 0 Å². The molecule has 1 saturated heterocycles. The average Bonchev–Trinajstić information content (AvgIpc) is 2.29. The van der Waals surface area contributed by atoms with Crippen molar-refractivity contribution in [2.24, 2.45) is 5.92 Å². The molecule has 0 aromatic heterocycles. The van der Waals surface area contributed by atoms with Gasteiger partial charge in [-0.15, -0.1) is 0 Å². The first-order valence-electron chi connectivity index (χ1n) is 5.49. The number of ether oxygens (including phenoxy) is 1. The molecule has 0 bridgehead atoms. The molecule has 0 aromatic carbocycles. The Morgan fingerprint density at radius 2 is 2.27 bits per heavy atom. The summed E-state index contributed by atoms with van der Waals surface area (Å²) in [5, 5.41) is 0. The van der Waals surface area contributed by atoms with Gasteiger partial charge in [0.2, 0.25) is 0 Å². The van der Waals surface area contributed by atoms with Crippen molar-refractivity contribution in [1.82, 2.24) is 4.90 Å². The second kappa shape index (κ2) is 5.76. The number of rotatable bonds is 3. The summed E-state index contributed by atoms with van der Waals surface area (Å²) >= 11 is 0. The predicted molar refractivity (Wildman–Crippen MR) is 64.7 cm³/mol. The second-order valence-electron chi connectivity index (χ2n) is 4.33. The minimum atomic E-state index is 0.682. The van der Waals surface area contributed by atoms with Crippen LogP contribution in [0.15, 0.2) is 36.6 Å². The van der Waals surface area contributed by atoms with Gasteiger partial charge < -0.3 is 4.74 Å². The molecular formula is C13H21NO. The van der Waals surface area contributed by atoms with E-state index in [0.717, 1.165) is 37.6 Å². The quantitative estimate of drug-likeness (QED) is 0.705. The van der Waals surface area contributed by atoms with Crippen LogP contribution in [-0.2, 0) is 4.74 Å². The summed E-state index contributed by atoms with van der Waals surface area (Å²) in [6.45, 7) is 15.8. The summed E-state index contributed by atoms with van der Waals surface area (Å²) in [6.07, 6.45) is 3.78. The van der Waals surface area contributed by atoms with Gasteiger partial charge >= 0.3 is 0 Å². The molecule has 1 aliphatic rings. The third-order valence-corrected chi connectivity index (χ3v) is 2.38. The van der Waals surface area contributed by atoms with Gasteiger partial charge in [-0.05, 0) is 5.92 Å². The number of hydrogen-bond donors (Lipinski definition) is 0. The van der Waals surface area contributed by atoms with Crippen molar-refractivity contribution in [3.8, 4) is 0 Å². The van der Waals surface area contributed by atoms with Crippen LogP contribution >= 0.6 is 0 Å². The molecule has 0 N–H and O–H groups in total. The largest absolute Gasteiger partial charge is 0.493 e. The zero-order chi connectivity index (χ0) is 11.3. The van der Waals surface area contributed by atoms with Crippen LogP contribution in [0.5, 0.6) is 0 Å². The van der Waals surface area contributed by atoms with Gasteiger partial charge in [0, 0.05) is 25.2 Å². The van der Waals surface area contributed by atoms with E-state index in [1.54, 1.807) is 6.08 Å². The lowest BCUT2D eigenvalue weighted by atomic mass is 10.1. The van der Waals surface area contributed by atoms with E-state index in [9.17, 15) is 0 Å². The average molecular weight is 207 g/mol. The van der Waals surface area contributed by atoms with Crippen molar-refractivity contribution in [3.63, 3.8) is 0 Å². The van der Waals surface area contributed by atoms with Crippen molar-refractivity contribution in [2.75, 3.05) is 26.2 Å².